The molecule has 0 atom stereocenters. The van der Waals surface area contributed by atoms with Crippen LogP contribution in [-0.4, -0.2) is 47.2 Å². The monoisotopic (exact) mass is 391 g/mol. The number of halogens is 1. The van der Waals surface area contributed by atoms with Crippen molar-refractivity contribution in [3.8, 4) is 0 Å². The van der Waals surface area contributed by atoms with E-state index in [1.54, 1.807) is 18.2 Å². The summed E-state index contributed by atoms with van der Waals surface area (Å²) in [6.45, 7) is 4.57. The van der Waals surface area contributed by atoms with Gasteiger partial charge in [0.1, 0.15) is 5.82 Å². The molecule has 1 aliphatic heterocycles. The Bertz CT molecular complexity index is 956. The first kappa shape index (κ1) is 19.0. The lowest BCUT2D eigenvalue weighted by atomic mass is 10.2. The van der Waals surface area contributed by atoms with E-state index in [2.05, 4.69) is 49.6 Å². The van der Waals surface area contributed by atoms with Gasteiger partial charge in [-0.25, -0.2) is 4.39 Å². The Balaban J connectivity index is 1.32. The highest BCUT2D eigenvalue weighted by Crippen LogP contribution is 2.16. The Kier molecular flexibility index (Phi) is 5.76. The molecule has 6 nitrogen and oxygen atoms in total. The zero-order valence-corrected chi connectivity index (χ0v) is 16.0. The first-order valence-electron chi connectivity index (χ1n) is 9.60. The van der Waals surface area contributed by atoms with E-state index in [9.17, 15) is 9.18 Å². The molecule has 1 aliphatic rings. The molecule has 4 rings (SSSR count). The van der Waals surface area contributed by atoms with Gasteiger partial charge in [0.25, 0.3) is 5.91 Å². The van der Waals surface area contributed by atoms with Gasteiger partial charge in [0.2, 0.25) is 0 Å². The minimum atomic E-state index is -0.567. The van der Waals surface area contributed by atoms with Gasteiger partial charge in [-0.05, 0) is 29.8 Å². The Morgan fingerprint density at radius 2 is 1.62 bits per heavy atom. The van der Waals surface area contributed by atoms with Crippen LogP contribution in [0.3, 0.4) is 0 Å². The summed E-state index contributed by atoms with van der Waals surface area (Å²) in [6.07, 6.45) is 0. The predicted molar refractivity (Wildman–Crippen MR) is 110 cm³/mol. The Morgan fingerprint density at radius 1 is 0.897 bits per heavy atom. The second-order valence-corrected chi connectivity index (χ2v) is 6.96. The van der Waals surface area contributed by atoms with Crippen molar-refractivity contribution >= 4 is 17.5 Å². The molecule has 1 fully saturated rings. The molecule has 148 valence electrons. The van der Waals surface area contributed by atoms with E-state index in [4.69, 9.17) is 0 Å². The highest BCUT2D eigenvalue weighted by molar-refractivity contribution is 6.03. The largest absolute Gasteiger partial charge is 0.353 e. The van der Waals surface area contributed by atoms with Crippen LogP contribution in [0.1, 0.15) is 15.9 Å². The maximum atomic E-state index is 13.7. The quantitative estimate of drug-likeness (QED) is 0.724. The third-order valence-electron chi connectivity index (χ3n) is 4.96. The molecule has 2 aromatic carbocycles. The third-order valence-corrected chi connectivity index (χ3v) is 4.96. The van der Waals surface area contributed by atoms with Crippen molar-refractivity contribution in [3.63, 3.8) is 0 Å². The van der Waals surface area contributed by atoms with Gasteiger partial charge < -0.3 is 10.2 Å². The fraction of sp³-hybridized carbons (Fsp3) is 0.227. The average molecular weight is 391 g/mol. The SMILES string of the molecule is O=C(Nc1ccc(N2CCN(Cc3ccccc3)CC2)nn1)c1ccccc1F. The number of nitrogens with zero attached hydrogens (tertiary/aromatic N) is 4. The van der Waals surface area contributed by atoms with Crippen LogP contribution in [0, 0.1) is 5.82 Å². The van der Waals surface area contributed by atoms with Crippen LogP contribution >= 0.6 is 0 Å². The van der Waals surface area contributed by atoms with Crippen molar-refractivity contribution in [3.05, 3.63) is 83.7 Å². The van der Waals surface area contributed by atoms with Crippen molar-refractivity contribution in [2.45, 2.75) is 6.54 Å². The molecule has 0 aliphatic carbocycles. The predicted octanol–water partition coefficient (Wildman–Crippen LogP) is 3.19. The van der Waals surface area contributed by atoms with E-state index in [0.717, 1.165) is 38.5 Å². The average Bonchev–Trinajstić information content (AvgIpc) is 2.76. The number of nitrogens with one attached hydrogen (secondary N) is 1. The summed E-state index contributed by atoms with van der Waals surface area (Å²) in [5, 5.41) is 10.9. The van der Waals surface area contributed by atoms with E-state index in [1.165, 1.54) is 17.7 Å². The molecule has 1 N–H and O–H groups in total. The molecule has 29 heavy (non-hydrogen) atoms. The number of piperazine rings is 1. The van der Waals surface area contributed by atoms with E-state index in [0.29, 0.717) is 5.82 Å². The van der Waals surface area contributed by atoms with Crippen LogP contribution in [0.5, 0.6) is 0 Å². The molecule has 1 aromatic heterocycles. The van der Waals surface area contributed by atoms with E-state index >= 15 is 0 Å². The maximum Gasteiger partial charge on any atom is 0.259 e. The second kappa shape index (κ2) is 8.79. The van der Waals surface area contributed by atoms with Crippen molar-refractivity contribution in [2.24, 2.45) is 0 Å². The number of aromatic nitrogens is 2. The highest BCUT2D eigenvalue weighted by atomic mass is 19.1. The van der Waals surface area contributed by atoms with Crippen LogP contribution in [0.2, 0.25) is 0 Å². The normalized spacial score (nSPS) is 14.6. The number of anilines is 2. The van der Waals surface area contributed by atoms with Crippen LogP contribution in [0.4, 0.5) is 16.0 Å². The van der Waals surface area contributed by atoms with E-state index < -0.39 is 11.7 Å². The number of carbonyl (C=O) groups is 1. The zero-order chi connectivity index (χ0) is 20.1. The molecule has 0 bridgehead atoms. The van der Waals surface area contributed by atoms with Crippen LogP contribution in [-0.2, 0) is 6.54 Å². The summed E-state index contributed by atoms with van der Waals surface area (Å²) in [5.41, 5.74) is 1.30. The lowest BCUT2D eigenvalue weighted by Gasteiger charge is -2.35. The summed E-state index contributed by atoms with van der Waals surface area (Å²) in [6, 6.07) is 19.8. The van der Waals surface area contributed by atoms with Crippen molar-refractivity contribution < 1.29 is 9.18 Å². The summed E-state index contributed by atoms with van der Waals surface area (Å²) in [7, 11) is 0. The topological polar surface area (TPSA) is 61.4 Å². The van der Waals surface area contributed by atoms with Gasteiger partial charge in [0, 0.05) is 32.7 Å². The summed E-state index contributed by atoms with van der Waals surface area (Å²) >= 11 is 0. The lowest BCUT2D eigenvalue weighted by Crippen LogP contribution is -2.46. The molecule has 0 spiro atoms. The summed E-state index contributed by atoms with van der Waals surface area (Å²) < 4.78 is 13.7. The smallest absolute Gasteiger partial charge is 0.259 e. The molecule has 0 unspecified atom stereocenters. The third kappa shape index (κ3) is 4.75. The standard InChI is InChI=1S/C22H22FN5O/c23-19-9-5-4-8-18(19)22(29)24-20-10-11-21(26-25-20)28-14-12-27(13-15-28)16-17-6-2-1-3-7-17/h1-11H,12-16H2,(H,24,25,29). The molecular formula is C22H22FN5O. The molecule has 1 saturated heterocycles. The minimum absolute atomic E-state index is 0.0204. The Morgan fingerprint density at radius 3 is 2.31 bits per heavy atom. The van der Waals surface area contributed by atoms with Crippen molar-refractivity contribution in [1.29, 1.82) is 0 Å². The number of hydrogen-bond acceptors (Lipinski definition) is 5. The number of hydrogen-bond donors (Lipinski definition) is 1. The maximum absolute atomic E-state index is 13.7. The van der Waals surface area contributed by atoms with Gasteiger partial charge >= 0.3 is 0 Å². The van der Waals surface area contributed by atoms with Crippen LogP contribution in [0.15, 0.2) is 66.7 Å². The molecule has 1 amide bonds. The van der Waals surface area contributed by atoms with Gasteiger partial charge in [-0.2, -0.15) is 0 Å². The number of carbonyl (C=O) groups excluding carboxylic acids is 1. The van der Waals surface area contributed by atoms with Crippen molar-refractivity contribution in [1.82, 2.24) is 15.1 Å². The first-order chi connectivity index (χ1) is 14.2. The Hall–Kier alpha value is -3.32. The lowest BCUT2D eigenvalue weighted by molar-refractivity contribution is 0.102. The van der Waals surface area contributed by atoms with E-state index in [1.807, 2.05) is 12.1 Å². The molecule has 7 heteroatoms. The number of amides is 1. The molecule has 2 heterocycles. The first-order valence-corrected chi connectivity index (χ1v) is 9.60. The number of benzene rings is 2. The second-order valence-electron chi connectivity index (χ2n) is 6.96. The summed E-state index contributed by atoms with van der Waals surface area (Å²) in [5.74, 6) is -0.0411. The van der Waals surface area contributed by atoms with Gasteiger partial charge in [0.15, 0.2) is 11.6 Å². The zero-order valence-electron chi connectivity index (χ0n) is 16.0. The fourth-order valence-electron chi connectivity index (χ4n) is 3.37. The fourth-order valence-corrected chi connectivity index (χ4v) is 3.37. The number of rotatable bonds is 5. The molecular weight excluding hydrogens is 369 g/mol. The van der Waals surface area contributed by atoms with Gasteiger partial charge in [-0.15, -0.1) is 10.2 Å². The van der Waals surface area contributed by atoms with E-state index in [-0.39, 0.29) is 5.56 Å². The summed E-state index contributed by atoms with van der Waals surface area (Å²) in [4.78, 5) is 16.8. The molecule has 0 saturated carbocycles. The van der Waals surface area contributed by atoms with Crippen LogP contribution < -0.4 is 10.2 Å². The Labute approximate surface area is 169 Å². The van der Waals surface area contributed by atoms with Gasteiger partial charge in [-0.3, -0.25) is 9.69 Å². The highest BCUT2D eigenvalue weighted by Gasteiger charge is 2.19. The van der Waals surface area contributed by atoms with Gasteiger partial charge in [0.05, 0.1) is 5.56 Å². The van der Waals surface area contributed by atoms with Gasteiger partial charge in [-0.1, -0.05) is 42.5 Å². The van der Waals surface area contributed by atoms with Crippen LogP contribution in [0.25, 0.3) is 0 Å². The molecule has 0 radical (unpaired) electrons. The molecule has 3 aromatic rings. The van der Waals surface area contributed by atoms with Crippen molar-refractivity contribution in [2.75, 3.05) is 36.4 Å². The minimum Gasteiger partial charge on any atom is -0.353 e.